The van der Waals surface area contributed by atoms with Gasteiger partial charge in [-0.1, -0.05) is 46.3 Å². The lowest BCUT2D eigenvalue weighted by molar-refractivity contribution is -0.126. The van der Waals surface area contributed by atoms with E-state index in [-0.39, 0.29) is 30.8 Å². The zero-order chi connectivity index (χ0) is 15.9. The summed E-state index contributed by atoms with van der Waals surface area (Å²) in [5, 5.41) is 8.73. The fraction of sp³-hybridized carbons (Fsp3) is 0.167. The van der Waals surface area contributed by atoms with E-state index in [4.69, 9.17) is 5.26 Å². The van der Waals surface area contributed by atoms with Crippen LogP contribution in [0.1, 0.15) is 23.1 Å². The standard InChI is InChI=1S/C18H14BrNO2/c19-18-4-2-1-3-15(18)10-17(22)11-16(21)9-13-5-7-14(12-20)8-6-13/h1-8H,9-11H2. The molecule has 0 aliphatic carbocycles. The maximum absolute atomic E-state index is 12.0. The van der Waals surface area contributed by atoms with Crippen LogP contribution in [0.25, 0.3) is 0 Å². The van der Waals surface area contributed by atoms with E-state index in [0.717, 1.165) is 15.6 Å². The van der Waals surface area contributed by atoms with Crippen LogP contribution in [0.2, 0.25) is 0 Å². The van der Waals surface area contributed by atoms with E-state index in [1.165, 1.54) is 0 Å². The molecule has 2 aromatic rings. The summed E-state index contributed by atoms with van der Waals surface area (Å²) < 4.78 is 0.878. The predicted octanol–water partition coefficient (Wildman–Crippen LogP) is 3.63. The van der Waals surface area contributed by atoms with Gasteiger partial charge in [0.15, 0.2) is 0 Å². The Morgan fingerprint density at radius 3 is 2.23 bits per heavy atom. The lowest BCUT2D eigenvalue weighted by Crippen LogP contribution is -2.12. The molecule has 0 atom stereocenters. The first-order valence-electron chi connectivity index (χ1n) is 6.84. The summed E-state index contributed by atoms with van der Waals surface area (Å²) in [6, 6.07) is 16.4. The molecule has 0 heterocycles. The third-order valence-electron chi connectivity index (χ3n) is 3.22. The highest BCUT2D eigenvalue weighted by Crippen LogP contribution is 2.17. The highest BCUT2D eigenvalue weighted by atomic mass is 79.9. The minimum absolute atomic E-state index is 0.0681. The molecule has 0 aromatic heterocycles. The number of hydrogen-bond acceptors (Lipinski definition) is 3. The molecule has 110 valence electrons. The topological polar surface area (TPSA) is 57.9 Å². The van der Waals surface area contributed by atoms with Crippen LogP contribution < -0.4 is 0 Å². The summed E-state index contributed by atoms with van der Waals surface area (Å²) in [5.41, 5.74) is 2.26. The van der Waals surface area contributed by atoms with Gasteiger partial charge >= 0.3 is 0 Å². The van der Waals surface area contributed by atoms with Gasteiger partial charge in [-0.15, -0.1) is 0 Å². The first-order chi connectivity index (χ1) is 10.6. The Bertz CT molecular complexity index is 729. The Kier molecular flexibility index (Phi) is 5.62. The van der Waals surface area contributed by atoms with E-state index in [9.17, 15) is 9.59 Å². The fourth-order valence-electron chi connectivity index (χ4n) is 2.12. The number of nitriles is 1. The fourth-order valence-corrected chi connectivity index (χ4v) is 2.55. The summed E-state index contributed by atoms with van der Waals surface area (Å²) in [7, 11) is 0. The second-order valence-corrected chi connectivity index (χ2v) is 5.86. The number of carbonyl (C=O) groups excluding carboxylic acids is 2. The molecular formula is C18H14BrNO2. The van der Waals surface area contributed by atoms with Gasteiger partial charge in [-0.05, 0) is 29.3 Å². The normalized spacial score (nSPS) is 10.0. The van der Waals surface area contributed by atoms with Crippen molar-refractivity contribution in [2.75, 3.05) is 0 Å². The number of hydrogen-bond donors (Lipinski definition) is 0. The smallest absolute Gasteiger partial charge is 0.144 e. The molecule has 0 aliphatic heterocycles. The van der Waals surface area contributed by atoms with Gasteiger partial charge in [0.2, 0.25) is 0 Å². The van der Waals surface area contributed by atoms with Gasteiger partial charge in [0.05, 0.1) is 18.1 Å². The largest absolute Gasteiger partial charge is 0.299 e. The Morgan fingerprint density at radius 2 is 1.59 bits per heavy atom. The number of ketones is 2. The summed E-state index contributed by atoms with van der Waals surface area (Å²) >= 11 is 3.39. The molecule has 4 heteroatoms. The summed E-state index contributed by atoms with van der Waals surface area (Å²) in [5.74, 6) is -0.202. The van der Waals surface area contributed by atoms with Crippen molar-refractivity contribution in [3.63, 3.8) is 0 Å². The van der Waals surface area contributed by atoms with Crippen LogP contribution in [0.3, 0.4) is 0 Å². The van der Waals surface area contributed by atoms with Crippen LogP contribution in [0, 0.1) is 11.3 Å². The molecule has 22 heavy (non-hydrogen) atoms. The van der Waals surface area contributed by atoms with Crippen molar-refractivity contribution >= 4 is 27.5 Å². The van der Waals surface area contributed by atoms with Gasteiger partial charge in [-0.25, -0.2) is 0 Å². The van der Waals surface area contributed by atoms with Crippen molar-refractivity contribution in [1.29, 1.82) is 5.26 Å². The maximum Gasteiger partial charge on any atom is 0.144 e. The molecule has 0 N–H and O–H groups in total. The number of rotatable bonds is 6. The quantitative estimate of drug-likeness (QED) is 0.743. The molecule has 0 amide bonds. The van der Waals surface area contributed by atoms with Crippen LogP contribution >= 0.6 is 15.9 Å². The van der Waals surface area contributed by atoms with Crippen molar-refractivity contribution in [3.8, 4) is 6.07 Å². The molecule has 2 rings (SSSR count). The second kappa shape index (κ2) is 7.67. The average molecular weight is 356 g/mol. The summed E-state index contributed by atoms with van der Waals surface area (Å²) in [6.07, 6.45) is 0.398. The van der Waals surface area contributed by atoms with Gasteiger partial charge in [0.25, 0.3) is 0 Å². The molecule has 0 spiro atoms. The Labute approximate surface area is 137 Å². The molecule has 2 aromatic carbocycles. The first kappa shape index (κ1) is 16.1. The highest BCUT2D eigenvalue weighted by Gasteiger charge is 2.12. The minimum atomic E-state index is -0.109. The molecule has 0 bridgehead atoms. The maximum atomic E-state index is 12.0. The minimum Gasteiger partial charge on any atom is -0.299 e. The monoisotopic (exact) mass is 355 g/mol. The van der Waals surface area contributed by atoms with Crippen LogP contribution in [0.4, 0.5) is 0 Å². The van der Waals surface area contributed by atoms with Crippen LogP contribution in [0.15, 0.2) is 53.0 Å². The van der Waals surface area contributed by atoms with Crippen molar-refractivity contribution in [3.05, 3.63) is 69.7 Å². The zero-order valence-electron chi connectivity index (χ0n) is 11.9. The Hall–Kier alpha value is -2.25. The molecule has 0 unspecified atom stereocenters. The Balaban J connectivity index is 1.90. The van der Waals surface area contributed by atoms with Gasteiger partial charge in [-0.3, -0.25) is 9.59 Å². The van der Waals surface area contributed by atoms with Gasteiger partial charge < -0.3 is 0 Å². The molecule has 0 saturated heterocycles. The molecule has 3 nitrogen and oxygen atoms in total. The number of nitrogens with zero attached hydrogens (tertiary/aromatic N) is 1. The van der Waals surface area contributed by atoms with E-state index in [1.54, 1.807) is 24.3 Å². The third-order valence-corrected chi connectivity index (χ3v) is 4.00. The van der Waals surface area contributed by atoms with Crippen molar-refractivity contribution in [1.82, 2.24) is 0 Å². The molecular weight excluding hydrogens is 342 g/mol. The lowest BCUT2D eigenvalue weighted by atomic mass is 10.0. The zero-order valence-corrected chi connectivity index (χ0v) is 13.5. The van der Waals surface area contributed by atoms with Crippen LogP contribution in [-0.4, -0.2) is 11.6 Å². The second-order valence-electron chi connectivity index (χ2n) is 5.01. The number of carbonyl (C=O) groups is 2. The average Bonchev–Trinajstić information content (AvgIpc) is 2.50. The first-order valence-corrected chi connectivity index (χ1v) is 7.63. The SMILES string of the molecule is N#Cc1ccc(CC(=O)CC(=O)Cc2ccccc2Br)cc1. The van der Waals surface area contributed by atoms with Crippen LogP contribution in [-0.2, 0) is 22.4 Å². The molecule has 0 saturated carbocycles. The number of benzene rings is 2. The van der Waals surface area contributed by atoms with Gasteiger partial charge in [-0.2, -0.15) is 5.26 Å². The van der Waals surface area contributed by atoms with E-state index in [2.05, 4.69) is 15.9 Å². The lowest BCUT2D eigenvalue weighted by Gasteiger charge is -2.04. The summed E-state index contributed by atoms with van der Waals surface area (Å²) in [6.45, 7) is 0. The van der Waals surface area contributed by atoms with E-state index in [1.807, 2.05) is 30.3 Å². The van der Waals surface area contributed by atoms with E-state index < -0.39 is 0 Å². The molecule has 0 radical (unpaired) electrons. The van der Waals surface area contributed by atoms with Crippen molar-refractivity contribution in [2.24, 2.45) is 0 Å². The van der Waals surface area contributed by atoms with Crippen LogP contribution in [0.5, 0.6) is 0 Å². The molecule has 0 fully saturated rings. The van der Waals surface area contributed by atoms with E-state index in [0.29, 0.717) is 5.56 Å². The van der Waals surface area contributed by atoms with Gasteiger partial charge in [0.1, 0.15) is 11.6 Å². The highest BCUT2D eigenvalue weighted by molar-refractivity contribution is 9.10. The predicted molar refractivity (Wildman–Crippen MR) is 87.3 cm³/mol. The van der Waals surface area contributed by atoms with Crippen molar-refractivity contribution < 1.29 is 9.59 Å². The van der Waals surface area contributed by atoms with Gasteiger partial charge in [0, 0.05) is 17.3 Å². The molecule has 0 aliphatic rings. The van der Waals surface area contributed by atoms with Crippen molar-refractivity contribution in [2.45, 2.75) is 19.3 Å². The Morgan fingerprint density at radius 1 is 0.955 bits per heavy atom. The number of Topliss-reactive ketones (excluding diaryl/α,β-unsaturated/α-hetero) is 2. The van der Waals surface area contributed by atoms with E-state index >= 15 is 0 Å². The third kappa shape index (κ3) is 4.64. The summed E-state index contributed by atoms with van der Waals surface area (Å²) in [4.78, 5) is 23.9. The number of halogens is 1.